The maximum Gasteiger partial charge on any atom is 0.340 e. The molecule has 0 radical (unpaired) electrons. The van der Waals surface area contributed by atoms with Crippen LogP contribution in [0.25, 0.3) is 10.8 Å². The van der Waals surface area contributed by atoms with Crippen LogP contribution in [0.1, 0.15) is 24.0 Å². The summed E-state index contributed by atoms with van der Waals surface area (Å²) in [6.45, 7) is -1.36. The average molecular weight is 417 g/mol. The van der Waals surface area contributed by atoms with Crippen molar-refractivity contribution < 1.29 is 22.3 Å². The van der Waals surface area contributed by atoms with E-state index in [9.17, 15) is 17.6 Å². The number of hydrogen-bond donors (Lipinski definition) is 1. The monoisotopic (exact) mass is 417 g/mol. The second kappa shape index (κ2) is 7.91. The SMILES string of the molecule is NC(Cc1cccc(OCC(F)(F)C(F)F)c1)C1(c2cccc3ccccc23)CC1. The van der Waals surface area contributed by atoms with E-state index in [1.807, 2.05) is 24.3 Å². The van der Waals surface area contributed by atoms with Gasteiger partial charge in [0.2, 0.25) is 0 Å². The van der Waals surface area contributed by atoms with Crippen LogP contribution in [-0.4, -0.2) is 25.0 Å². The van der Waals surface area contributed by atoms with Crippen molar-refractivity contribution >= 4 is 10.8 Å². The Morgan fingerprint density at radius 1 is 0.967 bits per heavy atom. The molecule has 0 aromatic heterocycles. The van der Waals surface area contributed by atoms with E-state index < -0.39 is 19.0 Å². The lowest BCUT2D eigenvalue weighted by atomic mass is 9.82. The Morgan fingerprint density at radius 3 is 2.40 bits per heavy atom. The number of benzene rings is 3. The summed E-state index contributed by atoms with van der Waals surface area (Å²) in [4.78, 5) is 0. The molecule has 3 aromatic rings. The molecule has 0 amide bonds. The largest absolute Gasteiger partial charge is 0.487 e. The van der Waals surface area contributed by atoms with E-state index in [0.717, 1.165) is 18.4 Å². The molecule has 6 heteroatoms. The van der Waals surface area contributed by atoms with E-state index in [4.69, 9.17) is 10.5 Å². The summed E-state index contributed by atoms with van der Waals surface area (Å²) in [7, 11) is 0. The molecular formula is C24H23F4NO. The molecule has 1 atom stereocenters. The summed E-state index contributed by atoms with van der Waals surface area (Å²) in [6.07, 6.45) is -1.26. The molecule has 0 spiro atoms. The van der Waals surface area contributed by atoms with Crippen molar-refractivity contribution in [2.75, 3.05) is 6.61 Å². The first-order valence-corrected chi connectivity index (χ1v) is 9.93. The fraction of sp³-hybridized carbons (Fsp3) is 0.333. The van der Waals surface area contributed by atoms with Gasteiger partial charge in [-0.3, -0.25) is 0 Å². The van der Waals surface area contributed by atoms with Crippen LogP contribution in [0.3, 0.4) is 0 Å². The van der Waals surface area contributed by atoms with E-state index in [-0.39, 0.29) is 17.2 Å². The molecular weight excluding hydrogens is 394 g/mol. The topological polar surface area (TPSA) is 35.2 Å². The van der Waals surface area contributed by atoms with Gasteiger partial charge in [-0.25, -0.2) is 8.78 Å². The summed E-state index contributed by atoms with van der Waals surface area (Å²) in [5.74, 6) is -4.05. The van der Waals surface area contributed by atoms with Crippen LogP contribution >= 0.6 is 0 Å². The molecule has 1 saturated carbocycles. The third-order valence-electron chi connectivity index (χ3n) is 5.93. The zero-order chi connectivity index (χ0) is 21.4. The van der Waals surface area contributed by atoms with Crippen LogP contribution in [0, 0.1) is 0 Å². The predicted octanol–water partition coefficient (Wildman–Crippen LogP) is 5.72. The second-order valence-corrected chi connectivity index (χ2v) is 7.99. The summed E-state index contributed by atoms with van der Waals surface area (Å²) in [6, 6.07) is 20.9. The first-order valence-electron chi connectivity index (χ1n) is 9.93. The van der Waals surface area contributed by atoms with Gasteiger partial charge in [0.1, 0.15) is 5.75 Å². The Balaban J connectivity index is 1.51. The number of halogens is 4. The normalized spacial score (nSPS) is 16.6. The Bertz CT molecular complexity index is 1030. The van der Waals surface area contributed by atoms with E-state index in [2.05, 4.69) is 24.3 Å². The van der Waals surface area contributed by atoms with Gasteiger partial charge in [-0.05, 0) is 53.3 Å². The molecule has 1 aliphatic carbocycles. The van der Waals surface area contributed by atoms with E-state index in [1.165, 1.54) is 22.4 Å². The molecule has 4 rings (SSSR count). The van der Waals surface area contributed by atoms with Gasteiger partial charge >= 0.3 is 12.3 Å². The molecule has 3 aromatic carbocycles. The molecule has 1 aliphatic rings. The van der Waals surface area contributed by atoms with Gasteiger partial charge in [-0.2, -0.15) is 8.78 Å². The smallest absolute Gasteiger partial charge is 0.340 e. The minimum absolute atomic E-state index is 0.125. The van der Waals surface area contributed by atoms with Crippen molar-refractivity contribution in [2.24, 2.45) is 5.73 Å². The molecule has 0 saturated heterocycles. The van der Waals surface area contributed by atoms with Crippen LogP contribution < -0.4 is 10.5 Å². The maximum absolute atomic E-state index is 13.1. The highest BCUT2D eigenvalue weighted by atomic mass is 19.3. The molecule has 0 heterocycles. The Morgan fingerprint density at radius 2 is 1.67 bits per heavy atom. The standard InChI is InChI=1S/C24H23F4NO/c25-22(26)24(27,28)15-30-18-8-3-5-16(13-18)14-21(29)23(11-12-23)20-10-4-7-17-6-1-2-9-19(17)20/h1-10,13,21-22H,11-12,14-15,29H2. The highest BCUT2D eigenvalue weighted by Gasteiger charge is 2.49. The molecule has 30 heavy (non-hydrogen) atoms. The van der Waals surface area contributed by atoms with Gasteiger partial charge in [0.25, 0.3) is 0 Å². The van der Waals surface area contributed by atoms with Gasteiger partial charge in [0.05, 0.1) is 0 Å². The first-order chi connectivity index (χ1) is 14.3. The van der Waals surface area contributed by atoms with E-state index in [0.29, 0.717) is 6.42 Å². The van der Waals surface area contributed by atoms with Crippen LogP contribution in [0.15, 0.2) is 66.7 Å². The quantitative estimate of drug-likeness (QED) is 0.476. The van der Waals surface area contributed by atoms with Crippen LogP contribution in [-0.2, 0) is 11.8 Å². The minimum atomic E-state index is -4.18. The Hall–Kier alpha value is -2.60. The van der Waals surface area contributed by atoms with Crippen LogP contribution in [0.2, 0.25) is 0 Å². The summed E-state index contributed by atoms with van der Waals surface area (Å²) < 4.78 is 55.8. The van der Waals surface area contributed by atoms with Crippen LogP contribution in [0.4, 0.5) is 17.6 Å². The lowest BCUT2D eigenvalue weighted by Crippen LogP contribution is -2.37. The van der Waals surface area contributed by atoms with Gasteiger partial charge in [-0.1, -0.05) is 54.6 Å². The van der Waals surface area contributed by atoms with Crippen molar-refractivity contribution in [3.8, 4) is 5.75 Å². The maximum atomic E-state index is 13.1. The van der Waals surface area contributed by atoms with E-state index in [1.54, 1.807) is 12.1 Å². The average Bonchev–Trinajstić information content (AvgIpc) is 3.54. The fourth-order valence-corrected chi connectivity index (χ4v) is 4.09. The number of hydrogen-bond acceptors (Lipinski definition) is 2. The number of nitrogens with two attached hydrogens (primary N) is 1. The summed E-state index contributed by atoms with van der Waals surface area (Å²) in [5.41, 5.74) is 8.58. The molecule has 158 valence electrons. The molecule has 1 unspecified atom stereocenters. The second-order valence-electron chi connectivity index (χ2n) is 7.99. The molecule has 0 aliphatic heterocycles. The highest BCUT2D eigenvalue weighted by Crippen LogP contribution is 2.53. The number of fused-ring (bicyclic) bond motifs is 1. The van der Waals surface area contributed by atoms with Crippen molar-refractivity contribution in [1.82, 2.24) is 0 Å². The minimum Gasteiger partial charge on any atom is -0.487 e. The molecule has 2 N–H and O–H groups in total. The molecule has 2 nitrogen and oxygen atoms in total. The zero-order valence-corrected chi connectivity index (χ0v) is 16.3. The lowest BCUT2D eigenvalue weighted by molar-refractivity contribution is -0.148. The number of rotatable bonds is 8. The van der Waals surface area contributed by atoms with Gasteiger partial charge < -0.3 is 10.5 Å². The van der Waals surface area contributed by atoms with Crippen molar-refractivity contribution in [3.63, 3.8) is 0 Å². The number of ether oxygens (including phenoxy) is 1. The lowest BCUT2D eigenvalue weighted by Gasteiger charge is -2.26. The summed E-state index contributed by atoms with van der Waals surface area (Å²) >= 11 is 0. The third-order valence-corrected chi connectivity index (χ3v) is 5.93. The summed E-state index contributed by atoms with van der Waals surface area (Å²) in [5, 5.41) is 2.36. The van der Waals surface area contributed by atoms with Gasteiger partial charge in [0, 0.05) is 11.5 Å². The predicted molar refractivity (Wildman–Crippen MR) is 109 cm³/mol. The fourth-order valence-electron chi connectivity index (χ4n) is 4.09. The Labute approximate surface area is 172 Å². The van der Waals surface area contributed by atoms with Gasteiger partial charge in [-0.15, -0.1) is 0 Å². The van der Waals surface area contributed by atoms with Crippen LogP contribution in [0.5, 0.6) is 5.75 Å². The van der Waals surface area contributed by atoms with Crippen molar-refractivity contribution in [2.45, 2.75) is 43.1 Å². The van der Waals surface area contributed by atoms with Gasteiger partial charge in [0.15, 0.2) is 6.61 Å². The van der Waals surface area contributed by atoms with Crippen molar-refractivity contribution in [1.29, 1.82) is 0 Å². The molecule has 0 bridgehead atoms. The third kappa shape index (κ3) is 4.01. The van der Waals surface area contributed by atoms with Crippen molar-refractivity contribution in [3.05, 3.63) is 77.9 Å². The highest BCUT2D eigenvalue weighted by molar-refractivity contribution is 5.87. The van der Waals surface area contributed by atoms with E-state index >= 15 is 0 Å². The molecule has 1 fully saturated rings. The first kappa shape index (κ1) is 20.7. The Kier molecular flexibility index (Phi) is 5.45. The zero-order valence-electron chi connectivity index (χ0n) is 16.3. The number of alkyl halides is 4.